The van der Waals surface area contributed by atoms with Crippen LogP contribution in [0.4, 0.5) is 5.82 Å². The molecule has 4 rings (SSSR count). The normalized spacial score (nSPS) is 15.2. The number of aromatic nitrogens is 2. The van der Waals surface area contributed by atoms with Gasteiger partial charge in [0, 0.05) is 45.1 Å². The lowest BCUT2D eigenvalue weighted by Gasteiger charge is -2.34. The molecule has 3 aromatic rings. The Morgan fingerprint density at radius 2 is 1.58 bits per heavy atom. The molecule has 0 saturated carbocycles. The largest absolute Gasteiger partial charge is 0.349 e. The number of nitrogens with zero attached hydrogens (tertiary/aromatic N) is 3. The maximum Gasteiger partial charge on any atom is 0.290 e. The summed E-state index contributed by atoms with van der Waals surface area (Å²) in [6, 6.07) is 19.2. The van der Waals surface area contributed by atoms with Crippen LogP contribution in [0, 0.1) is 0 Å². The van der Waals surface area contributed by atoms with Crippen LogP contribution in [0.3, 0.4) is 0 Å². The van der Waals surface area contributed by atoms with Crippen molar-refractivity contribution in [2.75, 3.05) is 31.1 Å². The van der Waals surface area contributed by atoms with Gasteiger partial charge in [-0.3, -0.25) is 9.69 Å². The molecule has 0 amide bonds. The smallest absolute Gasteiger partial charge is 0.290 e. The third-order valence-electron chi connectivity index (χ3n) is 4.83. The van der Waals surface area contributed by atoms with Gasteiger partial charge in [0.1, 0.15) is 0 Å². The van der Waals surface area contributed by atoms with Crippen LogP contribution in [-0.2, 0) is 6.54 Å². The zero-order valence-corrected chi connectivity index (χ0v) is 14.6. The summed E-state index contributed by atoms with van der Waals surface area (Å²) < 4.78 is 0. The van der Waals surface area contributed by atoms with Gasteiger partial charge in [-0.05, 0) is 16.7 Å². The van der Waals surface area contributed by atoms with Crippen molar-refractivity contribution >= 4 is 5.82 Å². The van der Waals surface area contributed by atoms with Gasteiger partial charge in [0.25, 0.3) is 5.56 Å². The van der Waals surface area contributed by atoms with Crippen molar-refractivity contribution < 1.29 is 0 Å². The third kappa shape index (κ3) is 3.68. The molecule has 132 valence electrons. The van der Waals surface area contributed by atoms with Gasteiger partial charge in [-0.2, -0.15) is 0 Å². The third-order valence-corrected chi connectivity index (χ3v) is 4.83. The fraction of sp³-hybridized carbons (Fsp3) is 0.238. The Bertz CT molecular complexity index is 897. The second kappa shape index (κ2) is 7.54. The highest BCUT2D eigenvalue weighted by Gasteiger charge is 2.19. The van der Waals surface area contributed by atoms with E-state index in [1.54, 1.807) is 12.4 Å². The first-order chi connectivity index (χ1) is 12.8. The molecule has 0 aliphatic carbocycles. The van der Waals surface area contributed by atoms with Gasteiger partial charge in [0.2, 0.25) is 0 Å². The molecule has 0 atom stereocenters. The molecular weight excluding hydrogens is 324 g/mol. The highest BCUT2D eigenvalue weighted by atomic mass is 16.1. The number of aromatic amines is 1. The summed E-state index contributed by atoms with van der Waals surface area (Å²) >= 11 is 0. The van der Waals surface area contributed by atoms with Crippen molar-refractivity contribution in [3.05, 3.63) is 82.9 Å². The number of anilines is 1. The minimum absolute atomic E-state index is 0.113. The van der Waals surface area contributed by atoms with Gasteiger partial charge < -0.3 is 9.88 Å². The molecular formula is C21H22N4O. The summed E-state index contributed by atoms with van der Waals surface area (Å²) in [5, 5.41) is 0. The standard InChI is InChI=1S/C21H22N4O/c26-21-20(22-10-11-23-21)25-14-12-24(13-15-25)16-17-6-8-19(9-7-17)18-4-2-1-3-5-18/h1-11H,12-16H2,(H,23,26). The molecule has 0 unspecified atom stereocenters. The number of piperazine rings is 1. The van der Waals surface area contributed by atoms with Crippen molar-refractivity contribution in [2.45, 2.75) is 6.54 Å². The van der Waals surface area contributed by atoms with E-state index < -0.39 is 0 Å². The van der Waals surface area contributed by atoms with Crippen molar-refractivity contribution in [1.82, 2.24) is 14.9 Å². The SMILES string of the molecule is O=c1[nH]ccnc1N1CCN(Cc2ccc(-c3ccccc3)cc2)CC1. The molecule has 0 bridgehead atoms. The molecule has 1 aromatic heterocycles. The van der Waals surface area contributed by atoms with E-state index in [4.69, 9.17) is 0 Å². The molecule has 0 radical (unpaired) electrons. The lowest BCUT2D eigenvalue weighted by molar-refractivity contribution is 0.249. The van der Waals surface area contributed by atoms with E-state index in [-0.39, 0.29) is 5.56 Å². The van der Waals surface area contributed by atoms with Crippen LogP contribution in [0.1, 0.15) is 5.56 Å². The second-order valence-electron chi connectivity index (χ2n) is 6.57. The summed E-state index contributed by atoms with van der Waals surface area (Å²) in [4.78, 5) is 23.3. The maximum absolute atomic E-state index is 11.9. The molecule has 5 nitrogen and oxygen atoms in total. The van der Waals surface area contributed by atoms with E-state index in [9.17, 15) is 4.79 Å². The number of hydrogen-bond donors (Lipinski definition) is 1. The number of benzene rings is 2. The van der Waals surface area contributed by atoms with Crippen LogP contribution in [0.5, 0.6) is 0 Å². The number of hydrogen-bond acceptors (Lipinski definition) is 4. The predicted molar refractivity (Wildman–Crippen MR) is 104 cm³/mol. The van der Waals surface area contributed by atoms with Crippen LogP contribution in [0.25, 0.3) is 11.1 Å². The second-order valence-corrected chi connectivity index (χ2v) is 6.57. The Morgan fingerprint density at radius 1 is 0.885 bits per heavy atom. The van der Waals surface area contributed by atoms with Crippen LogP contribution in [0.15, 0.2) is 71.8 Å². The van der Waals surface area contributed by atoms with Crippen molar-refractivity contribution in [2.24, 2.45) is 0 Å². The van der Waals surface area contributed by atoms with Gasteiger partial charge in [-0.15, -0.1) is 0 Å². The lowest BCUT2D eigenvalue weighted by Crippen LogP contribution is -2.47. The average molecular weight is 346 g/mol. The van der Waals surface area contributed by atoms with Gasteiger partial charge in [-0.25, -0.2) is 4.98 Å². The summed E-state index contributed by atoms with van der Waals surface area (Å²) in [6.45, 7) is 4.43. The van der Waals surface area contributed by atoms with E-state index in [2.05, 4.69) is 68.3 Å². The van der Waals surface area contributed by atoms with Gasteiger partial charge >= 0.3 is 0 Å². The first kappa shape index (κ1) is 16.5. The molecule has 2 heterocycles. The van der Waals surface area contributed by atoms with Crippen LogP contribution >= 0.6 is 0 Å². The van der Waals surface area contributed by atoms with Crippen molar-refractivity contribution in [1.29, 1.82) is 0 Å². The molecule has 1 aliphatic heterocycles. The first-order valence-electron chi connectivity index (χ1n) is 8.95. The molecule has 1 fully saturated rings. The molecule has 0 spiro atoms. The van der Waals surface area contributed by atoms with Gasteiger partial charge in [-0.1, -0.05) is 54.6 Å². The van der Waals surface area contributed by atoms with Crippen molar-refractivity contribution in [3.63, 3.8) is 0 Å². The Hall–Kier alpha value is -2.92. The minimum atomic E-state index is -0.113. The number of nitrogens with one attached hydrogen (secondary N) is 1. The summed E-state index contributed by atoms with van der Waals surface area (Å²) in [5.41, 5.74) is 3.69. The first-order valence-corrected chi connectivity index (χ1v) is 8.95. The topological polar surface area (TPSA) is 52.2 Å². The molecule has 1 saturated heterocycles. The highest BCUT2D eigenvalue weighted by molar-refractivity contribution is 5.63. The van der Waals surface area contributed by atoms with E-state index in [0.29, 0.717) is 5.82 Å². The average Bonchev–Trinajstić information content (AvgIpc) is 2.70. The zero-order chi connectivity index (χ0) is 17.8. The lowest BCUT2D eigenvalue weighted by atomic mass is 10.0. The van der Waals surface area contributed by atoms with Gasteiger partial charge in [0.05, 0.1) is 0 Å². The Kier molecular flexibility index (Phi) is 4.80. The Balaban J connectivity index is 1.36. The number of H-pyrrole nitrogens is 1. The highest BCUT2D eigenvalue weighted by Crippen LogP contribution is 2.20. The molecule has 26 heavy (non-hydrogen) atoms. The zero-order valence-electron chi connectivity index (χ0n) is 14.6. The quantitative estimate of drug-likeness (QED) is 0.789. The van der Waals surface area contributed by atoms with Gasteiger partial charge in [0.15, 0.2) is 5.82 Å². The number of rotatable bonds is 4. The van der Waals surface area contributed by atoms with Crippen molar-refractivity contribution in [3.8, 4) is 11.1 Å². The summed E-state index contributed by atoms with van der Waals surface area (Å²) in [6.07, 6.45) is 3.21. The molecule has 2 aromatic carbocycles. The summed E-state index contributed by atoms with van der Waals surface area (Å²) in [5.74, 6) is 0.527. The Labute approximate surface area is 152 Å². The Morgan fingerprint density at radius 3 is 2.27 bits per heavy atom. The van der Waals surface area contributed by atoms with Crippen LogP contribution < -0.4 is 10.5 Å². The monoisotopic (exact) mass is 346 g/mol. The summed E-state index contributed by atoms with van der Waals surface area (Å²) in [7, 11) is 0. The fourth-order valence-corrected chi connectivity index (χ4v) is 3.38. The molecule has 1 aliphatic rings. The van der Waals surface area contributed by atoms with Crippen LogP contribution in [0.2, 0.25) is 0 Å². The van der Waals surface area contributed by atoms with E-state index in [1.807, 2.05) is 6.07 Å². The molecule has 5 heteroatoms. The van der Waals surface area contributed by atoms with E-state index in [0.717, 1.165) is 32.7 Å². The van der Waals surface area contributed by atoms with E-state index >= 15 is 0 Å². The minimum Gasteiger partial charge on any atom is -0.349 e. The fourth-order valence-electron chi connectivity index (χ4n) is 3.38. The van der Waals surface area contributed by atoms with E-state index in [1.165, 1.54) is 16.7 Å². The maximum atomic E-state index is 11.9. The van der Waals surface area contributed by atoms with Crippen LogP contribution in [-0.4, -0.2) is 41.0 Å². The predicted octanol–water partition coefficient (Wildman–Crippen LogP) is 2.76. The molecule has 1 N–H and O–H groups in total.